The van der Waals surface area contributed by atoms with Gasteiger partial charge in [0, 0.05) is 5.33 Å². The Kier molecular flexibility index (Phi) is 4.16. The van der Waals surface area contributed by atoms with Crippen LogP contribution in [0.3, 0.4) is 0 Å². The van der Waals surface area contributed by atoms with Crippen molar-refractivity contribution in [3.05, 3.63) is 41.2 Å². The molecule has 0 aliphatic heterocycles. The fourth-order valence-corrected chi connectivity index (χ4v) is 1.41. The molecule has 2 heteroatoms. The van der Waals surface area contributed by atoms with Gasteiger partial charge >= 0.3 is 0 Å². The van der Waals surface area contributed by atoms with Gasteiger partial charge in [0.15, 0.2) is 0 Å². The lowest BCUT2D eigenvalue weighted by molar-refractivity contribution is 0.626. The Balaban J connectivity index is 2.77. The summed E-state index contributed by atoms with van der Waals surface area (Å²) in [6.45, 7) is 1.89. The summed E-state index contributed by atoms with van der Waals surface area (Å²) in [7, 11) is 0. The Labute approximate surface area is 86.6 Å². The van der Waals surface area contributed by atoms with Gasteiger partial charge in [-0.25, -0.2) is 4.39 Å². The first kappa shape index (κ1) is 10.5. The molecule has 0 aliphatic carbocycles. The Morgan fingerprint density at radius 2 is 2.15 bits per heavy atom. The summed E-state index contributed by atoms with van der Waals surface area (Å²) in [5, 5.41) is 0.942. The average Bonchev–Trinajstić information content (AvgIpc) is 2.03. The molecule has 0 saturated heterocycles. The van der Waals surface area contributed by atoms with Crippen LogP contribution in [0.2, 0.25) is 0 Å². The lowest BCUT2D eigenvalue weighted by Crippen LogP contribution is -1.80. The number of benzene rings is 1. The molecule has 0 spiro atoms. The number of hydrogen-bond donors (Lipinski definition) is 0. The molecular formula is C11H12BrF. The molecule has 1 rings (SSSR count). The molecule has 0 atom stereocenters. The second kappa shape index (κ2) is 5.18. The second-order valence-electron chi connectivity index (χ2n) is 2.94. The Bertz CT molecular complexity index is 285. The van der Waals surface area contributed by atoms with Gasteiger partial charge in [-0.05, 0) is 36.6 Å². The number of allylic oxidation sites excluding steroid dienone is 1. The van der Waals surface area contributed by atoms with Gasteiger partial charge < -0.3 is 0 Å². The van der Waals surface area contributed by atoms with Gasteiger partial charge in [-0.15, -0.1) is 0 Å². The van der Waals surface area contributed by atoms with E-state index in [-0.39, 0.29) is 5.82 Å². The van der Waals surface area contributed by atoms with Crippen molar-refractivity contribution in [3.8, 4) is 0 Å². The zero-order valence-electron chi connectivity index (χ0n) is 7.56. The van der Waals surface area contributed by atoms with Crippen molar-refractivity contribution in [1.29, 1.82) is 0 Å². The molecule has 0 nitrogen and oxygen atoms in total. The zero-order chi connectivity index (χ0) is 9.68. The molecule has 0 N–H and O–H groups in total. The molecule has 70 valence electrons. The van der Waals surface area contributed by atoms with Crippen LogP contribution in [0.25, 0.3) is 6.08 Å². The molecule has 1 aromatic carbocycles. The maximum atomic E-state index is 12.9. The Morgan fingerprint density at radius 3 is 2.77 bits per heavy atom. The smallest absolute Gasteiger partial charge is 0.124 e. The van der Waals surface area contributed by atoms with Crippen molar-refractivity contribution in [1.82, 2.24) is 0 Å². The standard InChI is InChI=1S/C11H12BrF/c1-9-6-10(4-2-3-5-12)8-11(13)7-9/h2,4,6-8H,3,5H2,1H3. The maximum Gasteiger partial charge on any atom is 0.124 e. The fraction of sp³-hybridized carbons (Fsp3) is 0.273. The van der Waals surface area contributed by atoms with Crippen LogP contribution in [0.5, 0.6) is 0 Å². The highest BCUT2D eigenvalue weighted by molar-refractivity contribution is 9.09. The minimum atomic E-state index is -0.168. The van der Waals surface area contributed by atoms with Crippen LogP contribution < -0.4 is 0 Å². The van der Waals surface area contributed by atoms with E-state index in [0.29, 0.717) is 0 Å². The van der Waals surface area contributed by atoms with Gasteiger partial charge in [0.25, 0.3) is 0 Å². The summed E-state index contributed by atoms with van der Waals surface area (Å²) in [5.41, 5.74) is 1.89. The van der Waals surface area contributed by atoms with Gasteiger partial charge in [0.1, 0.15) is 5.82 Å². The highest BCUT2D eigenvalue weighted by Crippen LogP contribution is 2.10. The molecular weight excluding hydrogens is 231 g/mol. The molecule has 0 amide bonds. The van der Waals surface area contributed by atoms with E-state index in [0.717, 1.165) is 22.9 Å². The van der Waals surface area contributed by atoms with Crippen LogP contribution in [0.4, 0.5) is 4.39 Å². The van der Waals surface area contributed by atoms with Gasteiger partial charge in [0.05, 0.1) is 0 Å². The van der Waals surface area contributed by atoms with Crippen molar-refractivity contribution in [2.45, 2.75) is 13.3 Å². The zero-order valence-corrected chi connectivity index (χ0v) is 9.14. The lowest BCUT2D eigenvalue weighted by Gasteiger charge is -1.96. The van der Waals surface area contributed by atoms with E-state index >= 15 is 0 Å². The maximum absolute atomic E-state index is 12.9. The molecule has 0 fully saturated rings. The first-order valence-electron chi connectivity index (χ1n) is 4.22. The summed E-state index contributed by atoms with van der Waals surface area (Å²) < 4.78 is 12.9. The topological polar surface area (TPSA) is 0 Å². The molecule has 0 aromatic heterocycles. The van der Waals surface area contributed by atoms with Gasteiger partial charge in [-0.1, -0.05) is 34.1 Å². The third kappa shape index (κ3) is 3.73. The quantitative estimate of drug-likeness (QED) is 0.705. The predicted molar refractivity (Wildman–Crippen MR) is 58.6 cm³/mol. The minimum Gasteiger partial charge on any atom is -0.207 e. The summed E-state index contributed by atoms with van der Waals surface area (Å²) in [6.07, 6.45) is 4.94. The molecule has 0 saturated carbocycles. The number of halogens is 2. The molecule has 1 aromatic rings. The van der Waals surface area contributed by atoms with Gasteiger partial charge in [0.2, 0.25) is 0 Å². The Morgan fingerprint density at radius 1 is 1.38 bits per heavy atom. The van der Waals surface area contributed by atoms with Crippen LogP contribution in [0.15, 0.2) is 24.3 Å². The van der Waals surface area contributed by atoms with Crippen LogP contribution in [-0.4, -0.2) is 5.33 Å². The lowest BCUT2D eigenvalue weighted by atomic mass is 10.1. The van der Waals surface area contributed by atoms with Gasteiger partial charge in [-0.2, -0.15) is 0 Å². The molecule has 0 radical (unpaired) electrons. The number of aryl methyl sites for hydroxylation is 1. The molecule has 0 heterocycles. The van der Waals surface area contributed by atoms with Gasteiger partial charge in [-0.3, -0.25) is 0 Å². The number of rotatable bonds is 3. The van der Waals surface area contributed by atoms with Crippen molar-refractivity contribution < 1.29 is 4.39 Å². The van der Waals surface area contributed by atoms with E-state index in [1.54, 1.807) is 0 Å². The summed E-state index contributed by atoms with van der Waals surface area (Å²) in [4.78, 5) is 0. The minimum absolute atomic E-state index is 0.168. The van der Waals surface area contributed by atoms with E-state index in [1.165, 1.54) is 12.1 Å². The van der Waals surface area contributed by atoms with Crippen molar-refractivity contribution in [3.63, 3.8) is 0 Å². The highest BCUT2D eigenvalue weighted by atomic mass is 79.9. The van der Waals surface area contributed by atoms with Crippen LogP contribution in [-0.2, 0) is 0 Å². The number of alkyl halides is 1. The third-order valence-electron chi connectivity index (χ3n) is 1.65. The second-order valence-corrected chi connectivity index (χ2v) is 3.73. The predicted octanol–water partition coefficient (Wildman–Crippen LogP) is 3.93. The summed E-state index contributed by atoms with van der Waals surface area (Å²) in [5.74, 6) is -0.168. The fourth-order valence-electron chi connectivity index (χ4n) is 1.14. The van der Waals surface area contributed by atoms with E-state index in [2.05, 4.69) is 15.9 Å². The molecule has 0 aliphatic rings. The summed E-state index contributed by atoms with van der Waals surface area (Å²) >= 11 is 3.33. The SMILES string of the molecule is Cc1cc(F)cc(C=CCCBr)c1. The average molecular weight is 243 g/mol. The molecule has 13 heavy (non-hydrogen) atoms. The van der Waals surface area contributed by atoms with Crippen LogP contribution in [0.1, 0.15) is 17.5 Å². The van der Waals surface area contributed by atoms with E-state index in [1.807, 2.05) is 25.1 Å². The largest absolute Gasteiger partial charge is 0.207 e. The normalized spacial score (nSPS) is 11.0. The third-order valence-corrected chi connectivity index (χ3v) is 2.11. The van der Waals surface area contributed by atoms with Crippen LogP contribution >= 0.6 is 15.9 Å². The van der Waals surface area contributed by atoms with Crippen molar-refractivity contribution in [2.24, 2.45) is 0 Å². The number of hydrogen-bond acceptors (Lipinski definition) is 0. The van der Waals surface area contributed by atoms with Crippen LogP contribution in [0, 0.1) is 12.7 Å². The molecule has 0 bridgehead atoms. The molecule has 0 unspecified atom stereocenters. The monoisotopic (exact) mass is 242 g/mol. The first-order valence-corrected chi connectivity index (χ1v) is 5.34. The summed E-state index contributed by atoms with van der Waals surface area (Å²) in [6, 6.07) is 5.04. The van der Waals surface area contributed by atoms with E-state index in [9.17, 15) is 4.39 Å². The first-order chi connectivity index (χ1) is 6.22. The van der Waals surface area contributed by atoms with Crippen molar-refractivity contribution >= 4 is 22.0 Å². The van der Waals surface area contributed by atoms with E-state index in [4.69, 9.17) is 0 Å². The highest BCUT2D eigenvalue weighted by Gasteiger charge is 1.93. The van der Waals surface area contributed by atoms with E-state index < -0.39 is 0 Å². The Hall–Kier alpha value is -0.630. The van der Waals surface area contributed by atoms with Crippen molar-refractivity contribution in [2.75, 3.05) is 5.33 Å².